The predicted molar refractivity (Wildman–Crippen MR) is 58.3 cm³/mol. The molecular formula is C8H9Cl2N3O3. The third-order valence-electron chi connectivity index (χ3n) is 1.75. The largest absolute Gasteiger partial charge is 0.381 e. The van der Waals surface area contributed by atoms with Crippen LogP contribution < -0.4 is 11.1 Å². The summed E-state index contributed by atoms with van der Waals surface area (Å²) in [6, 6.07) is 1.33. The van der Waals surface area contributed by atoms with E-state index in [1.165, 1.54) is 6.07 Å². The number of aliphatic hydroxyl groups excluding tert-OH is 1. The Labute approximate surface area is 101 Å². The molecule has 0 aliphatic heterocycles. The van der Waals surface area contributed by atoms with Crippen LogP contribution in [0, 0.1) is 0 Å². The van der Waals surface area contributed by atoms with Crippen LogP contribution in [-0.2, 0) is 4.79 Å². The highest BCUT2D eigenvalue weighted by Gasteiger charge is 2.15. The molecule has 0 radical (unpaired) electrons. The van der Waals surface area contributed by atoms with E-state index in [-0.39, 0.29) is 22.4 Å². The number of primary amides is 1. The van der Waals surface area contributed by atoms with Crippen molar-refractivity contribution in [2.45, 2.75) is 6.10 Å². The van der Waals surface area contributed by atoms with Gasteiger partial charge in [-0.25, -0.2) is 0 Å². The van der Waals surface area contributed by atoms with Crippen molar-refractivity contribution in [2.24, 2.45) is 5.73 Å². The molecule has 0 fully saturated rings. The molecule has 0 aliphatic carbocycles. The topological polar surface area (TPSA) is 108 Å². The zero-order valence-corrected chi connectivity index (χ0v) is 9.47. The van der Waals surface area contributed by atoms with Gasteiger partial charge in [-0.2, -0.15) is 0 Å². The SMILES string of the molecule is NC(=O)C(O)CNC(=O)c1cc(Cl)c(Cl)[nH]1. The average molecular weight is 266 g/mol. The van der Waals surface area contributed by atoms with Gasteiger partial charge in [0.05, 0.1) is 11.6 Å². The lowest BCUT2D eigenvalue weighted by Crippen LogP contribution is -2.40. The van der Waals surface area contributed by atoms with Crippen LogP contribution in [0.15, 0.2) is 6.07 Å². The first-order valence-electron chi connectivity index (χ1n) is 4.21. The van der Waals surface area contributed by atoms with E-state index in [0.717, 1.165) is 0 Å². The molecule has 88 valence electrons. The Hall–Kier alpha value is -1.24. The smallest absolute Gasteiger partial charge is 0.267 e. The molecule has 1 heterocycles. The highest BCUT2D eigenvalue weighted by molar-refractivity contribution is 6.41. The first-order valence-corrected chi connectivity index (χ1v) is 4.97. The van der Waals surface area contributed by atoms with Crippen LogP contribution in [0.2, 0.25) is 10.2 Å². The van der Waals surface area contributed by atoms with Crippen molar-refractivity contribution in [2.75, 3.05) is 6.54 Å². The molecule has 1 unspecified atom stereocenters. The van der Waals surface area contributed by atoms with Crippen molar-refractivity contribution in [3.8, 4) is 0 Å². The maximum absolute atomic E-state index is 11.4. The highest BCUT2D eigenvalue weighted by atomic mass is 35.5. The number of rotatable bonds is 4. The number of carbonyl (C=O) groups excluding carboxylic acids is 2. The van der Waals surface area contributed by atoms with Crippen molar-refractivity contribution in [3.63, 3.8) is 0 Å². The van der Waals surface area contributed by atoms with Crippen LogP contribution in [-0.4, -0.2) is 34.6 Å². The van der Waals surface area contributed by atoms with E-state index in [1.54, 1.807) is 0 Å². The van der Waals surface area contributed by atoms with E-state index in [9.17, 15) is 9.59 Å². The molecule has 2 amide bonds. The Kier molecular flexibility index (Phi) is 4.17. The van der Waals surface area contributed by atoms with Gasteiger partial charge in [-0.1, -0.05) is 23.2 Å². The summed E-state index contributed by atoms with van der Waals surface area (Å²) >= 11 is 11.2. The number of hydrogen-bond acceptors (Lipinski definition) is 3. The second-order valence-electron chi connectivity index (χ2n) is 2.97. The predicted octanol–water partition coefficient (Wildman–Crippen LogP) is -0.103. The lowest BCUT2D eigenvalue weighted by Gasteiger charge is -2.07. The molecule has 0 spiro atoms. The molecule has 1 rings (SSSR count). The van der Waals surface area contributed by atoms with E-state index < -0.39 is 17.9 Å². The molecule has 1 aromatic rings. The zero-order chi connectivity index (χ0) is 12.3. The second-order valence-corrected chi connectivity index (χ2v) is 3.76. The van der Waals surface area contributed by atoms with Gasteiger partial charge in [0.25, 0.3) is 5.91 Å². The lowest BCUT2D eigenvalue weighted by atomic mass is 10.3. The number of nitrogens with one attached hydrogen (secondary N) is 2. The Morgan fingerprint density at radius 1 is 1.56 bits per heavy atom. The van der Waals surface area contributed by atoms with Gasteiger partial charge in [0, 0.05) is 0 Å². The van der Waals surface area contributed by atoms with Gasteiger partial charge in [-0.05, 0) is 6.07 Å². The molecule has 5 N–H and O–H groups in total. The minimum Gasteiger partial charge on any atom is -0.381 e. The first kappa shape index (κ1) is 12.8. The van der Waals surface area contributed by atoms with Gasteiger partial charge in [-0.15, -0.1) is 0 Å². The molecular weight excluding hydrogens is 257 g/mol. The standard InChI is InChI=1S/C8H9Cl2N3O3/c9-3-1-4(13-6(3)10)8(16)12-2-5(14)7(11)15/h1,5,13-14H,2H2,(H2,11,15)(H,12,16). The van der Waals surface area contributed by atoms with Gasteiger partial charge < -0.3 is 21.1 Å². The minimum absolute atomic E-state index is 0.131. The van der Waals surface area contributed by atoms with Crippen molar-refractivity contribution >= 4 is 35.0 Å². The number of nitrogens with two attached hydrogens (primary N) is 1. The van der Waals surface area contributed by atoms with Gasteiger partial charge in [-0.3, -0.25) is 9.59 Å². The molecule has 0 saturated heterocycles. The summed E-state index contributed by atoms with van der Waals surface area (Å²) in [6.07, 6.45) is -1.43. The zero-order valence-electron chi connectivity index (χ0n) is 7.96. The Morgan fingerprint density at radius 2 is 2.19 bits per heavy atom. The Balaban J connectivity index is 2.56. The molecule has 8 heteroatoms. The number of H-pyrrole nitrogens is 1. The quantitative estimate of drug-likeness (QED) is 0.610. The van der Waals surface area contributed by atoms with Crippen molar-refractivity contribution < 1.29 is 14.7 Å². The van der Waals surface area contributed by atoms with E-state index in [1.807, 2.05) is 0 Å². The van der Waals surface area contributed by atoms with Gasteiger partial charge in [0.1, 0.15) is 17.0 Å². The molecule has 16 heavy (non-hydrogen) atoms. The van der Waals surface area contributed by atoms with Crippen LogP contribution >= 0.6 is 23.2 Å². The van der Waals surface area contributed by atoms with E-state index in [2.05, 4.69) is 10.3 Å². The molecule has 1 aromatic heterocycles. The summed E-state index contributed by atoms with van der Waals surface area (Å²) in [5, 5.41) is 11.7. The minimum atomic E-state index is -1.43. The molecule has 0 saturated carbocycles. The number of carbonyl (C=O) groups is 2. The van der Waals surface area contributed by atoms with Crippen molar-refractivity contribution in [3.05, 3.63) is 21.9 Å². The average Bonchev–Trinajstić information content (AvgIpc) is 2.55. The van der Waals surface area contributed by atoms with Crippen LogP contribution in [0.4, 0.5) is 0 Å². The molecule has 0 bridgehead atoms. The van der Waals surface area contributed by atoms with Crippen LogP contribution in [0.3, 0.4) is 0 Å². The van der Waals surface area contributed by atoms with Crippen LogP contribution in [0.1, 0.15) is 10.5 Å². The highest BCUT2D eigenvalue weighted by Crippen LogP contribution is 2.21. The third-order valence-corrected chi connectivity index (χ3v) is 2.45. The monoisotopic (exact) mass is 265 g/mol. The fraction of sp³-hybridized carbons (Fsp3) is 0.250. The number of aromatic amines is 1. The Morgan fingerprint density at radius 3 is 2.62 bits per heavy atom. The first-order chi connectivity index (χ1) is 7.41. The summed E-state index contributed by atoms with van der Waals surface area (Å²) in [7, 11) is 0. The summed E-state index contributed by atoms with van der Waals surface area (Å²) in [5.41, 5.74) is 4.93. The maximum Gasteiger partial charge on any atom is 0.267 e. The van der Waals surface area contributed by atoms with E-state index in [0.29, 0.717) is 0 Å². The van der Waals surface area contributed by atoms with Crippen LogP contribution in [0.5, 0.6) is 0 Å². The van der Waals surface area contributed by atoms with E-state index >= 15 is 0 Å². The number of hydrogen-bond donors (Lipinski definition) is 4. The maximum atomic E-state index is 11.4. The number of amides is 2. The van der Waals surface area contributed by atoms with Gasteiger partial charge in [0.2, 0.25) is 5.91 Å². The lowest BCUT2D eigenvalue weighted by molar-refractivity contribution is -0.125. The van der Waals surface area contributed by atoms with E-state index in [4.69, 9.17) is 34.0 Å². The van der Waals surface area contributed by atoms with Crippen molar-refractivity contribution in [1.82, 2.24) is 10.3 Å². The molecule has 1 atom stereocenters. The molecule has 0 aliphatic rings. The van der Waals surface area contributed by atoms with Gasteiger partial charge in [0.15, 0.2) is 0 Å². The van der Waals surface area contributed by atoms with Crippen molar-refractivity contribution in [1.29, 1.82) is 0 Å². The Bertz CT molecular complexity index is 399. The normalized spacial score (nSPS) is 12.2. The van der Waals surface area contributed by atoms with Gasteiger partial charge >= 0.3 is 0 Å². The van der Waals surface area contributed by atoms with Crippen LogP contribution in [0.25, 0.3) is 0 Å². The summed E-state index contributed by atoms with van der Waals surface area (Å²) < 4.78 is 0. The summed E-state index contributed by atoms with van der Waals surface area (Å²) in [6.45, 7) is -0.275. The fourth-order valence-corrected chi connectivity index (χ4v) is 1.22. The molecule has 0 aromatic carbocycles. The fourth-order valence-electron chi connectivity index (χ4n) is 0.912. The second kappa shape index (κ2) is 5.20. The third kappa shape index (κ3) is 3.13. The number of aliphatic hydroxyl groups is 1. The molecule has 6 nitrogen and oxygen atoms in total. The number of halogens is 2. The number of aromatic nitrogens is 1. The summed E-state index contributed by atoms with van der Waals surface area (Å²) in [5.74, 6) is -1.46. The summed E-state index contributed by atoms with van der Waals surface area (Å²) in [4.78, 5) is 24.4.